The molecule has 134 valence electrons. The van der Waals surface area contributed by atoms with Gasteiger partial charge in [-0.15, -0.1) is 5.10 Å². The summed E-state index contributed by atoms with van der Waals surface area (Å²) in [5.41, 5.74) is 6.93. The van der Waals surface area contributed by atoms with Crippen molar-refractivity contribution in [3.05, 3.63) is 64.3 Å². The second-order valence-electron chi connectivity index (χ2n) is 5.26. The van der Waals surface area contributed by atoms with Gasteiger partial charge >= 0.3 is 6.01 Å². The summed E-state index contributed by atoms with van der Waals surface area (Å²) in [5, 5.41) is 7.68. The first-order valence-corrected chi connectivity index (χ1v) is 7.95. The van der Waals surface area contributed by atoms with Crippen molar-refractivity contribution in [2.75, 3.05) is 12.8 Å². The van der Waals surface area contributed by atoms with Gasteiger partial charge in [0.2, 0.25) is 5.89 Å². The van der Waals surface area contributed by atoms with Gasteiger partial charge in [0, 0.05) is 6.08 Å². The van der Waals surface area contributed by atoms with Crippen LogP contribution < -0.4 is 15.2 Å². The van der Waals surface area contributed by atoms with Crippen LogP contribution in [-0.2, 0) is 6.61 Å². The molecule has 6 nitrogen and oxygen atoms in total. The second kappa shape index (κ2) is 7.88. The predicted octanol–water partition coefficient (Wildman–Crippen LogP) is 4.20. The zero-order chi connectivity index (χ0) is 18.5. The van der Waals surface area contributed by atoms with Gasteiger partial charge < -0.3 is 19.6 Å². The van der Waals surface area contributed by atoms with E-state index in [1.165, 1.54) is 19.2 Å². The first-order valence-electron chi connectivity index (χ1n) is 7.57. The first kappa shape index (κ1) is 17.8. The molecule has 0 saturated heterocycles. The Labute approximate surface area is 154 Å². The van der Waals surface area contributed by atoms with Crippen molar-refractivity contribution in [3.63, 3.8) is 0 Å². The molecule has 0 unspecified atom stereocenters. The number of anilines is 1. The molecule has 0 aliphatic rings. The normalized spacial score (nSPS) is 11.0. The lowest BCUT2D eigenvalue weighted by atomic mass is 10.2. The van der Waals surface area contributed by atoms with E-state index < -0.39 is 0 Å². The second-order valence-corrected chi connectivity index (χ2v) is 5.67. The average molecular weight is 376 g/mol. The topological polar surface area (TPSA) is 83.4 Å². The van der Waals surface area contributed by atoms with E-state index in [0.717, 1.165) is 11.1 Å². The van der Waals surface area contributed by atoms with Gasteiger partial charge in [-0.05, 0) is 41.5 Å². The van der Waals surface area contributed by atoms with E-state index in [1.54, 1.807) is 36.4 Å². The molecule has 8 heteroatoms. The van der Waals surface area contributed by atoms with Crippen molar-refractivity contribution < 1.29 is 18.3 Å². The fourth-order valence-electron chi connectivity index (χ4n) is 2.19. The molecule has 1 aromatic heterocycles. The number of nitrogen functional groups attached to an aromatic ring is 1. The number of halogens is 2. The molecule has 0 aliphatic heterocycles. The number of ether oxygens (including phenoxy) is 2. The molecule has 0 radical (unpaired) electrons. The number of rotatable bonds is 6. The standard InChI is InChI=1S/C18H15ClFN3O3/c1-24-15-9-12(4-7-16-22-23-18(21)26-16)8-14(19)17(15)25-10-11-2-5-13(20)6-3-11/h2-9H,10H2,1H3,(H2,21,23)/b7-4+. The molecule has 0 saturated carbocycles. The maximum Gasteiger partial charge on any atom is 0.313 e. The summed E-state index contributed by atoms with van der Waals surface area (Å²) in [5.74, 6) is 0.833. The van der Waals surface area contributed by atoms with E-state index in [9.17, 15) is 4.39 Å². The highest BCUT2D eigenvalue weighted by Gasteiger charge is 2.12. The Bertz CT molecular complexity index is 926. The highest BCUT2D eigenvalue weighted by atomic mass is 35.5. The van der Waals surface area contributed by atoms with Crippen LogP contribution in [0.4, 0.5) is 10.4 Å². The van der Waals surface area contributed by atoms with Crippen molar-refractivity contribution in [1.82, 2.24) is 10.2 Å². The van der Waals surface area contributed by atoms with E-state index in [4.69, 9.17) is 31.2 Å². The molecule has 0 spiro atoms. The van der Waals surface area contributed by atoms with E-state index in [-0.39, 0.29) is 24.3 Å². The predicted molar refractivity (Wildman–Crippen MR) is 96.4 cm³/mol. The number of benzene rings is 2. The van der Waals surface area contributed by atoms with E-state index in [2.05, 4.69) is 10.2 Å². The fraction of sp³-hybridized carbons (Fsp3) is 0.111. The molecule has 0 bridgehead atoms. The van der Waals surface area contributed by atoms with Gasteiger partial charge in [-0.25, -0.2) is 4.39 Å². The zero-order valence-electron chi connectivity index (χ0n) is 13.8. The van der Waals surface area contributed by atoms with Crippen molar-refractivity contribution >= 4 is 29.8 Å². The Kier molecular flexibility index (Phi) is 5.38. The molecule has 2 N–H and O–H groups in total. The van der Waals surface area contributed by atoms with Crippen molar-refractivity contribution in [2.45, 2.75) is 6.61 Å². The Morgan fingerprint density at radius 1 is 1.19 bits per heavy atom. The third-order valence-corrected chi connectivity index (χ3v) is 3.70. The van der Waals surface area contributed by atoms with Crippen LogP contribution in [0.3, 0.4) is 0 Å². The summed E-state index contributed by atoms with van der Waals surface area (Å²) in [6.45, 7) is 0.229. The maximum atomic E-state index is 13.0. The Morgan fingerprint density at radius 2 is 1.96 bits per heavy atom. The van der Waals surface area contributed by atoms with Crippen LogP contribution in [0.5, 0.6) is 11.5 Å². The average Bonchev–Trinajstić information content (AvgIpc) is 3.05. The molecule has 1 heterocycles. The summed E-state index contributed by atoms with van der Waals surface area (Å²) in [4.78, 5) is 0. The molecule has 26 heavy (non-hydrogen) atoms. The van der Waals surface area contributed by atoms with Crippen LogP contribution in [0.15, 0.2) is 40.8 Å². The van der Waals surface area contributed by atoms with Crippen LogP contribution in [-0.4, -0.2) is 17.3 Å². The molecule has 2 aromatic carbocycles. The first-order chi connectivity index (χ1) is 12.5. The van der Waals surface area contributed by atoms with Crippen molar-refractivity contribution in [1.29, 1.82) is 0 Å². The maximum absolute atomic E-state index is 13.0. The quantitative estimate of drug-likeness (QED) is 0.695. The third-order valence-electron chi connectivity index (χ3n) is 3.42. The number of methoxy groups -OCH3 is 1. The van der Waals surface area contributed by atoms with Crippen molar-refractivity contribution in [2.24, 2.45) is 0 Å². The van der Waals surface area contributed by atoms with Gasteiger partial charge in [0.1, 0.15) is 12.4 Å². The fourth-order valence-corrected chi connectivity index (χ4v) is 2.47. The Balaban J connectivity index is 1.78. The Hall–Kier alpha value is -3.06. The van der Waals surface area contributed by atoms with Crippen molar-refractivity contribution in [3.8, 4) is 11.5 Å². The summed E-state index contributed by atoms with van der Waals surface area (Å²) in [6, 6.07) is 9.48. The highest BCUT2D eigenvalue weighted by molar-refractivity contribution is 6.32. The van der Waals surface area contributed by atoms with E-state index >= 15 is 0 Å². The number of nitrogens with two attached hydrogens (primary N) is 1. The minimum atomic E-state index is -0.302. The molecule has 0 aliphatic carbocycles. The highest BCUT2D eigenvalue weighted by Crippen LogP contribution is 2.37. The van der Waals surface area contributed by atoms with Gasteiger partial charge in [-0.1, -0.05) is 28.8 Å². The number of hydrogen-bond donors (Lipinski definition) is 1. The third kappa shape index (κ3) is 4.31. The largest absolute Gasteiger partial charge is 0.493 e. The molecule has 0 fully saturated rings. The lowest BCUT2D eigenvalue weighted by molar-refractivity contribution is 0.284. The molecule has 0 amide bonds. The van der Waals surface area contributed by atoms with Crippen LogP contribution in [0, 0.1) is 5.82 Å². The minimum absolute atomic E-state index is 0.00944. The van der Waals surface area contributed by atoms with Crippen LogP contribution in [0.25, 0.3) is 12.2 Å². The molecular weight excluding hydrogens is 361 g/mol. The lowest BCUT2D eigenvalue weighted by Gasteiger charge is -2.13. The van der Waals surface area contributed by atoms with Gasteiger partial charge in [0.25, 0.3) is 0 Å². The summed E-state index contributed by atoms with van der Waals surface area (Å²) in [7, 11) is 1.52. The lowest BCUT2D eigenvalue weighted by Crippen LogP contribution is -1.99. The summed E-state index contributed by atoms with van der Waals surface area (Å²) in [6.07, 6.45) is 3.33. The molecule has 3 rings (SSSR count). The van der Waals surface area contributed by atoms with E-state index in [0.29, 0.717) is 16.5 Å². The molecule has 3 aromatic rings. The van der Waals surface area contributed by atoms with E-state index in [1.807, 2.05) is 0 Å². The van der Waals surface area contributed by atoms with Gasteiger partial charge in [-0.2, -0.15) is 0 Å². The van der Waals surface area contributed by atoms with Crippen LogP contribution in [0.2, 0.25) is 5.02 Å². The smallest absolute Gasteiger partial charge is 0.313 e. The monoisotopic (exact) mass is 375 g/mol. The number of aromatic nitrogens is 2. The minimum Gasteiger partial charge on any atom is -0.493 e. The van der Waals surface area contributed by atoms with Gasteiger partial charge in [0.05, 0.1) is 12.1 Å². The summed E-state index contributed by atoms with van der Waals surface area (Å²) >= 11 is 6.32. The SMILES string of the molecule is COc1cc(/C=C/c2nnc(N)o2)cc(Cl)c1OCc1ccc(F)cc1. The van der Waals surface area contributed by atoms with Crippen LogP contribution in [0.1, 0.15) is 17.0 Å². The Morgan fingerprint density at radius 3 is 2.62 bits per heavy atom. The summed E-state index contributed by atoms with van der Waals surface area (Å²) < 4.78 is 29.1. The van der Waals surface area contributed by atoms with Crippen LogP contribution >= 0.6 is 11.6 Å². The van der Waals surface area contributed by atoms with Gasteiger partial charge in [0.15, 0.2) is 11.5 Å². The number of hydrogen-bond acceptors (Lipinski definition) is 6. The zero-order valence-corrected chi connectivity index (χ0v) is 14.5. The van der Waals surface area contributed by atoms with Gasteiger partial charge in [-0.3, -0.25) is 0 Å². The molecular formula is C18H15ClFN3O3. The molecule has 0 atom stereocenters. The number of nitrogens with zero attached hydrogens (tertiary/aromatic N) is 2.